The van der Waals surface area contributed by atoms with Crippen LogP contribution < -0.4 is 10.6 Å². The van der Waals surface area contributed by atoms with Crippen molar-refractivity contribution in [3.8, 4) is 11.5 Å². The van der Waals surface area contributed by atoms with Crippen LogP contribution in [-0.4, -0.2) is 51.2 Å². The van der Waals surface area contributed by atoms with Gasteiger partial charge in [-0.05, 0) is 75.9 Å². The molecule has 0 heterocycles. The maximum Gasteiger partial charge on any atom is 0.408 e. The lowest BCUT2D eigenvalue weighted by Gasteiger charge is -2.34. The molecule has 43 heavy (non-hydrogen) atoms. The van der Waals surface area contributed by atoms with E-state index in [1.807, 2.05) is 32.0 Å². The Balaban J connectivity index is 2.12. The van der Waals surface area contributed by atoms with Gasteiger partial charge in [-0.15, -0.1) is 6.58 Å². The lowest BCUT2D eigenvalue weighted by Crippen LogP contribution is -2.53. The van der Waals surface area contributed by atoms with Crippen molar-refractivity contribution in [1.82, 2.24) is 10.2 Å². The van der Waals surface area contributed by atoms with Crippen molar-refractivity contribution < 1.29 is 29.3 Å². The second kappa shape index (κ2) is 13.9. The summed E-state index contributed by atoms with van der Waals surface area (Å²) >= 11 is 0. The molecule has 3 amide bonds. The number of amides is 3. The number of ether oxygens (including phenoxy) is 1. The summed E-state index contributed by atoms with van der Waals surface area (Å²) in [4.78, 5) is 42.7. The third-order valence-electron chi connectivity index (χ3n) is 6.83. The number of hydrogen-bond donors (Lipinski definition) is 4. The first kappa shape index (κ1) is 32.7. The standard InChI is InChI=1S/C34H41N3O6/c1-8-19-37(32(41)27(35-33(42)43-34(5,6)7)20-24-15-17-25(38)18-16-24)29(26-14-10-13-23(4)30(26)39)31(40)36-28-21(2)11-9-12-22(28)3/h8-18,27,29,38-39H,1,19-20H2,2-7H3,(H,35,42)(H,36,40). The Hall–Kier alpha value is -4.79. The number of phenolic OH excluding ortho intramolecular Hbond substituents is 2. The summed E-state index contributed by atoms with van der Waals surface area (Å²) in [7, 11) is 0. The SMILES string of the molecule is C=CCN(C(=O)C(Cc1ccc(O)cc1)NC(=O)OC(C)(C)C)C(C(=O)Nc1c(C)cccc1C)c1cccc(C)c1O. The summed E-state index contributed by atoms with van der Waals surface area (Å²) in [6.07, 6.45) is 0.713. The maximum absolute atomic E-state index is 14.4. The minimum absolute atomic E-state index is 0.0387. The number of nitrogens with one attached hydrogen (secondary N) is 2. The molecule has 2 unspecified atom stereocenters. The van der Waals surface area contributed by atoms with E-state index < -0.39 is 35.6 Å². The third-order valence-corrected chi connectivity index (χ3v) is 6.83. The van der Waals surface area contributed by atoms with Gasteiger partial charge in [-0.2, -0.15) is 0 Å². The van der Waals surface area contributed by atoms with Crippen LogP contribution in [0.4, 0.5) is 10.5 Å². The Morgan fingerprint density at radius 2 is 1.51 bits per heavy atom. The molecule has 0 aromatic heterocycles. The second-order valence-electron chi connectivity index (χ2n) is 11.5. The Morgan fingerprint density at radius 1 is 0.930 bits per heavy atom. The van der Waals surface area contributed by atoms with E-state index in [-0.39, 0.29) is 30.0 Å². The van der Waals surface area contributed by atoms with Gasteiger partial charge in [0.25, 0.3) is 5.91 Å². The van der Waals surface area contributed by atoms with Gasteiger partial charge < -0.3 is 30.5 Å². The number of hydrogen-bond acceptors (Lipinski definition) is 6. The Kier molecular flexibility index (Phi) is 10.6. The summed E-state index contributed by atoms with van der Waals surface area (Å²) in [5.41, 5.74) is 2.85. The number of nitrogens with zero attached hydrogens (tertiary/aromatic N) is 1. The van der Waals surface area contributed by atoms with E-state index in [0.717, 1.165) is 11.1 Å². The molecule has 3 rings (SSSR count). The van der Waals surface area contributed by atoms with Crippen LogP contribution in [0.3, 0.4) is 0 Å². The first-order valence-corrected chi connectivity index (χ1v) is 14.1. The summed E-state index contributed by atoms with van der Waals surface area (Å²) in [6, 6.07) is 14.4. The monoisotopic (exact) mass is 587 g/mol. The van der Waals surface area contributed by atoms with E-state index in [1.165, 1.54) is 23.1 Å². The molecule has 0 aliphatic carbocycles. The zero-order valence-electron chi connectivity index (χ0n) is 25.6. The van der Waals surface area contributed by atoms with E-state index in [2.05, 4.69) is 17.2 Å². The molecule has 0 radical (unpaired) electrons. The van der Waals surface area contributed by atoms with Crippen LogP contribution in [0.2, 0.25) is 0 Å². The molecule has 3 aromatic carbocycles. The normalized spacial score (nSPS) is 12.5. The van der Waals surface area contributed by atoms with Crippen LogP contribution in [0.5, 0.6) is 11.5 Å². The molecule has 0 bridgehead atoms. The van der Waals surface area contributed by atoms with Gasteiger partial charge in [0, 0.05) is 24.2 Å². The van der Waals surface area contributed by atoms with Crippen molar-refractivity contribution in [1.29, 1.82) is 0 Å². The Labute approximate surface area is 253 Å². The number of aryl methyl sites for hydroxylation is 3. The lowest BCUT2D eigenvalue weighted by atomic mass is 9.97. The topological polar surface area (TPSA) is 128 Å². The van der Waals surface area contributed by atoms with E-state index in [0.29, 0.717) is 16.8 Å². The predicted molar refractivity (Wildman–Crippen MR) is 167 cm³/mol. The van der Waals surface area contributed by atoms with Gasteiger partial charge in [-0.25, -0.2) is 4.79 Å². The molecule has 0 saturated carbocycles. The highest BCUT2D eigenvalue weighted by molar-refractivity contribution is 6.00. The lowest BCUT2D eigenvalue weighted by molar-refractivity contribution is -0.140. The largest absolute Gasteiger partial charge is 0.508 e. The number of alkyl carbamates (subject to hydrolysis) is 1. The molecule has 9 nitrogen and oxygen atoms in total. The fraction of sp³-hybridized carbons (Fsp3) is 0.324. The van der Waals surface area contributed by atoms with Gasteiger partial charge in [-0.1, -0.05) is 54.6 Å². The zero-order valence-corrected chi connectivity index (χ0v) is 25.6. The van der Waals surface area contributed by atoms with Gasteiger partial charge in [0.15, 0.2) is 0 Å². The number of anilines is 1. The van der Waals surface area contributed by atoms with Crippen molar-refractivity contribution >= 4 is 23.6 Å². The molecule has 9 heteroatoms. The summed E-state index contributed by atoms with van der Waals surface area (Å²) in [6.45, 7) is 14.3. The van der Waals surface area contributed by atoms with Crippen LogP contribution in [0.25, 0.3) is 0 Å². The zero-order chi connectivity index (χ0) is 31.9. The van der Waals surface area contributed by atoms with Crippen LogP contribution in [0.15, 0.2) is 73.3 Å². The van der Waals surface area contributed by atoms with Gasteiger partial charge in [-0.3, -0.25) is 9.59 Å². The molecular formula is C34H41N3O6. The van der Waals surface area contributed by atoms with Gasteiger partial charge in [0.2, 0.25) is 5.91 Å². The highest BCUT2D eigenvalue weighted by atomic mass is 16.6. The molecule has 0 saturated heterocycles. The smallest absolute Gasteiger partial charge is 0.408 e. The minimum atomic E-state index is -1.29. The van der Waals surface area contributed by atoms with Crippen molar-refractivity contribution in [3.05, 3.63) is 101 Å². The predicted octanol–water partition coefficient (Wildman–Crippen LogP) is 5.85. The number of benzene rings is 3. The summed E-state index contributed by atoms with van der Waals surface area (Å²) < 4.78 is 5.45. The van der Waals surface area contributed by atoms with Crippen molar-refractivity contribution in [2.24, 2.45) is 0 Å². The molecule has 2 atom stereocenters. The summed E-state index contributed by atoms with van der Waals surface area (Å²) in [5.74, 6) is -1.21. The van der Waals surface area contributed by atoms with Gasteiger partial charge in [0.05, 0.1) is 0 Å². The fourth-order valence-electron chi connectivity index (χ4n) is 4.74. The highest BCUT2D eigenvalue weighted by Gasteiger charge is 2.37. The second-order valence-corrected chi connectivity index (χ2v) is 11.5. The van der Waals surface area contributed by atoms with Crippen molar-refractivity contribution in [2.75, 3.05) is 11.9 Å². The third kappa shape index (κ3) is 8.61. The molecular weight excluding hydrogens is 546 g/mol. The quantitative estimate of drug-likeness (QED) is 0.220. The molecule has 0 aliphatic heterocycles. The Morgan fingerprint density at radius 3 is 2.09 bits per heavy atom. The average Bonchev–Trinajstić information content (AvgIpc) is 2.92. The minimum Gasteiger partial charge on any atom is -0.508 e. The number of rotatable bonds is 10. The molecule has 228 valence electrons. The van der Waals surface area contributed by atoms with Gasteiger partial charge in [0.1, 0.15) is 29.2 Å². The summed E-state index contributed by atoms with van der Waals surface area (Å²) in [5, 5.41) is 26.5. The molecule has 0 aliphatic rings. The van der Waals surface area contributed by atoms with E-state index in [1.54, 1.807) is 58.0 Å². The van der Waals surface area contributed by atoms with E-state index >= 15 is 0 Å². The van der Waals surface area contributed by atoms with Crippen LogP contribution in [0, 0.1) is 20.8 Å². The van der Waals surface area contributed by atoms with E-state index in [4.69, 9.17) is 4.74 Å². The first-order valence-electron chi connectivity index (χ1n) is 14.1. The Bertz CT molecular complexity index is 1460. The maximum atomic E-state index is 14.4. The van der Waals surface area contributed by atoms with Gasteiger partial charge >= 0.3 is 6.09 Å². The number of carbonyl (C=O) groups excluding carboxylic acids is 3. The molecule has 0 fully saturated rings. The molecule has 4 N–H and O–H groups in total. The van der Waals surface area contributed by atoms with Crippen LogP contribution >= 0.6 is 0 Å². The van der Waals surface area contributed by atoms with Crippen LogP contribution in [0.1, 0.15) is 54.6 Å². The molecule has 0 spiro atoms. The van der Waals surface area contributed by atoms with E-state index in [9.17, 15) is 24.6 Å². The number of phenols is 2. The van der Waals surface area contributed by atoms with Crippen molar-refractivity contribution in [2.45, 2.75) is 65.6 Å². The number of aromatic hydroxyl groups is 2. The van der Waals surface area contributed by atoms with Crippen molar-refractivity contribution in [3.63, 3.8) is 0 Å². The fourth-order valence-corrected chi connectivity index (χ4v) is 4.74. The number of carbonyl (C=O) groups is 3. The molecule has 3 aromatic rings. The van der Waals surface area contributed by atoms with Crippen LogP contribution in [-0.2, 0) is 20.7 Å². The first-order chi connectivity index (χ1) is 20.2. The highest BCUT2D eigenvalue weighted by Crippen LogP contribution is 2.34. The average molecular weight is 588 g/mol. The number of para-hydroxylation sites is 2.